The molecule has 0 saturated carbocycles. The van der Waals surface area contributed by atoms with Crippen LogP contribution in [0.4, 0.5) is 5.00 Å². The Balaban J connectivity index is 1.87. The van der Waals surface area contributed by atoms with Gasteiger partial charge in [0.05, 0.1) is 22.7 Å². The zero-order chi connectivity index (χ0) is 19.4. The molecule has 8 heteroatoms. The summed E-state index contributed by atoms with van der Waals surface area (Å²) in [5.41, 5.74) is 2.69. The van der Waals surface area contributed by atoms with Crippen LogP contribution < -0.4 is 5.32 Å². The largest absolute Gasteiger partial charge is 0.462 e. The number of allylic oxidation sites excluding steroid dienone is 1. The fraction of sp³-hybridized carbons (Fsp3) is 0.211. The van der Waals surface area contributed by atoms with E-state index in [9.17, 15) is 10.1 Å². The molecule has 1 N–H and O–H groups in total. The van der Waals surface area contributed by atoms with Crippen LogP contribution in [0.5, 0.6) is 0 Å². The van der Waals surface area contributed by atoms with E-state index in [1.807, 2.05) is 36.7 Å². The third-order valence-electron chi connectivity index (χ3n) is 3.84. The van der Waals surface area contributed by atoms with E-state index in [-0.39, 0.29) is 5.97 Å². The maximum atomic E-state index is 12.3. The van der Waals surface area contributed by atoms with Crippen LogP contribution in [0.15, 0.2) is 29.1 Å². The number of thiophene rings is 2. The molecule has 5 nitrogen and oxygen atoms in total. The molecular formula is C19H17N3O2S3. The van der Waals surface area contributed by atoms with Crippen LogP contribution in [0.3, 0.4) is 0 Å². The van der Waals surface area contributed by atoms with E-state index in [0.29, 0.717) is 27.8 Å². The molecule has 0 aliphatic heterocycles. The predicted octanol–water partition coefficient (Wildman–Crippen LogP) is 5.70. The fourth-order valence-electron chi connectivity index (χ4n) is 2.39. The smallest absolute Gasteiger partial charge is 0.341 e. The summed E-state index contributed by atoms with van der Waals surface area (Å²) in [6.45, 7) is 5.95. The highest BCUT2D eigenvalue weighted by Gasteiger charge is 2.20. The molecule has 3 heterocycles. The number of ether oxygens (including phenoxy) is 1. The number of rotatable bonds is 6. The Morgan fingerprint density at radius 3 is 2.89 bits per heavy atom. The Labute approximate surface area is 169 Å². The van der Waals surface area contributed by atoms with Gasteiger partial charge in [-0.05, 0) is 37.8 Å². The third-order valence-corrected chi connectivity index (χ3v) is 6.75. The Kier molecular flexibility index (Phi) is 6.06. The number of aromatic nitrogens is 1. The van der Waals surface area contributed by atoms with Crippen molar-refractivity contribution in [2.24, 2.45) is 0 Å². The predicted molar refractivity (Wildman–Crippen MR) is 112 cm³/mol. The van der Waals surface area contributed by atoms with Gasteiger partial charge < -0.3 is 10.1 Å². The average molecular weight is 416 g/mol. The van der Waals surface area contributed by atoms with E-state index in [1.165, 1.54) is 22.7 Å². The van der Waals surface area contributed by atoms with Gasteiger partial charge in [0.25, 0.3) is 0 Å². The average Bonchev–Trinajstić information content (AvgIpc) is 3.37. The Bertz CT molecular complexity index is 1020. The fourth-order valence-corrected chi connectivity index (χ4v) is 4.96. The number of esters is 1. The van der Waals surface area contributed by atoms with E-state index in [2.05, 4.69) is 16.4 Å². The zero-order valence-electron chi connectivity index (χ0n) is 15.0. The molecule has 3 aromatic rings. The van der Waals surface area contributed by atoms with Gasteiger partial charge in [-0.25, -0.2) is 9.78 Å². The quantitative estimate of drug-likeness (QED) is 0.413. The number of aryl methyl sites for hydroxylation is 1. The summed E-state index contributed by atoms with van der Waals surface area (Å²) in [7, 11) is 0. The molecule has 0 radical (unpaired) electrons. The Morgan fingerprint density at radius 1 is 1.41 bits per heavy atom. The van der Waals surface area contributed by atoms with Crippen LogP contribution in [0.25, 0.3) is 16.1 Å². The second kappa shape index (κ2) is 8.48. The lowest BCUT2D eigenvalue weighted by Crippen LogP contribution is -2.07. The molecule has 0 bridgehead atoms. The van der Waals surface area contributed by atoms with Crippen molar-refractivity contribution < 1.29 is 9.53 Å². The number of carbonyl (C=O) groups is 1. The van der Waals surface area contributed by atoms with Crippen molar-refractivity contribution in [1.29, 1.82) is 5.26 Å². The molecular weight excluding hydrogens is 398 g/mol. The summed E-state index contributed by atoms with van der Waals surface area (Å²) in [4.78, 5) is 18.9. The molecule has 3 rings (SSSR count). The number of anilines is 1. The summed E-state index contributed by atoms with van der Waals surface area (Å²) in [5, 5.41) is 17.9. The van der Waals surface area contributed by atoms with E-state index < -0.39 is 0 Å². The molecule has 0 aromatic carbocycles. The summed E-state index contributed by atoms with van der Waals surface area (Å²) in [6.07, 6.45) is 1.60. The van der Waals surface area contributed by atoms with Gasteiger partial charge in [0.15, 0.2) is 0 Å². The number of nitriles is 1. The molecule has 0 amide bonds. The van der Waals surface area contributed by atoms with Gasteiger partial charge in [-0.15, -0.1) is 34.0 Å². The molecule has 138 valence electrons. The van der Waals surface area contributed by atoms with Crippen LogP contribution in [-0.2, 0) is 4.74 Å². The zero-order valence-corrected chi connectivity index (χ0v) is 17.5. The maximum Gasteiger partial charge on any atom is 0.341 e. The summed E-state index contributed by atoms with van der Waals surface area (Å²) >= 11 is 4.49. The SMILES string of the molecule is CCOC(=O)c1c(NC=C(C#N)c2nc(-c3cccs3)cs2)sc(C)c1C. The molecule has 0 unspecified atom stereocenters. The molecule has 0 spiro atoms. The first kappa shape index (κ1) is 19.3. The van der Waals surface area contributed by atoms with Gasteiger partial charge in [-0.3, -0.25) is 0 Å². The normalized spacial score (nSPS) is 11.3. The number of carbonyl (C=O) groups excluding carboxylic acids is 1. The van der Waals surface area contributed by atoms with Crippen molar-refractivity contribution >= 4 is 50.6 Å². The van der Waals surface area contributed by atoms with Crippen molar-refractivity contribution in [3.8, 4) is 16.6 Å². The standard InChI is InChI=1S/C19H17N3O2S3/c1-4-24-19(23)16-11(2)12(3)27-18(16)21-9-13(8-20)17-22-14(10-26-17)15-6-5-7-25-15/h5-7,9-10,21H,4H2,1-3H3. The molecule has 0 aliphatic carbocycles. The molecule has 0 atom stereocenters. The Hall–Kier alpha value is -2.47. The van der Waals surface area contributed by atoms with Crippen LogP contribution in [0.1, 0.15) is 32.7 Å². The minimum absolute atomic E-state index is 0.316. The van der Waals surface area contributed by atoms with E-state index in [1.54, 1.807) is 24.5 Å². The van der Waals surface area contributed by atoms with Crippen LogP contribution in [-0.4, -0.2) is 17.6 Å². The molecule has 27 heavy (non-hydrogen) atoms. The highest BCUT2D eigenvalue weighted by Crippen LogP contribution is 2.34. The van der Waals surface area contributed by atoms with Crippen molar-refractivity contribution in [1.82, 2.24) is 4.98 Å². The van der Waals surface area contributed by atoms with Crippen LogP contribution in [0.2, 0.25) is 0 Å². The Morgan fingerprint density at radius 2 is 2.22 bits per heavy atom. The summed E-state index contributed by atoms with van der Waals surface area (Å²) in [5.74, 6) is -0.358. The first-order valence-corrected chi connectivity index (χ1v) is 10.8. The molecule has 0 saturated heterocycles. The van der Waals surface area contributed by atoms with Crippen molar-refractivity contribution in [2.45, 2.75) is 20.8 Å². The number of hydrogen-bond donors (Lipinski definition) is 1. The molecule has 0 fully saturated rings. The highest BCUT2D eigenvalue weighted by atomic mass is 32.1. The number of thiazole rings is 1. The lowest BCUT2D eigenvalue weighted by molar-refractivity contribution is 0.0527. The van der Waals surface area contributed by atoms with E-state index >= 15 is 0 Å². The lowest BCUT2D eigenvalue weighted by atomic mass is 10.1. The summed E-state index contributed by atoms with van der Waals surface area (Å²) < 4.78 is 5.16. The minimum atomic E-state index is -0.358. The number of nitrogens with zero attached hydrogens (tertiary/aromatic N) is 2. The van der Waals surface area contributed by atoms with Crippen molar-refractivity contribution in [3.05, 3.63) is 50.1 Å². The summed E-state index contributed by atoms with van der Waals surface area (Å²) in [6, 6.07) is 6.15. The third kappa shape index (κ3) is 4.11. The van der Waals surface area contributed by atoms with Gasteiger partial charge in [0, 0.05) is 16.5 Å². The second-order valence-corrected chi connectivity index (χ2v) is 8.57. The lowest BCUT2D eigenvalue weighted by Gasteiger charge is -2.05. The van der Waals surface area contributed by atoms with Gasteiger partial charge in [0.2, 0.25) is 0 Å². The van der Waals surface area contributed by atoms with Gasteiger partial charge in [-0.1, -0.05) is 6.07 Å². The first-order chi connectivity index (χ1) is 13.0. The van der Waals surface area contributed by atoms with Gasteiger partial charge >= 0.3 is 5.97 Å². The molecule has 3 aromatic heterocycles. The van der Waals surface area contributed by atoms with E-state index in [0.717, 1.165) is 21.0 Å². The van der Waals surface area contributed by atoms with Crippen molar-refractivity contribution in [3.63, 3.8) is 0 Å². The first-order valence-electron chi connectivity index (χ1n) is 8.18. The van der Waals surface area contributed by atoms with Crippen molar-refractivity contribution in [2.75, 3.05) is 11.9 Å². The maximum absolute atomic E-state index is 12.3. The van der Waals surface area contributed by atoms with E-state index in [4.69, 9.17) is 4.74 Å². The molecule has 0 aliphatic rings. The van der Waals surface area contributed by atoms with Gasteiger partial charge in [0.1, 0.15) is 21.7 Å². The topological polar surface area (TPSA) is 75.0 Å². The highest BCUT2D eigenvalue weighted by molar-refractivity contribution is 7.16. The number of hydrogen-bond acceptors (Lipinski definition) is 8. The van der Waals surface area contributed by atoms with Crippen LogP contribution >= 0.6 is 34.0 Å². The van der Waals surface area contributed by atoms with Gasteiger partial charge in [-0.2, -0.15) is 5.26 Å². The monoisotopic (exact) mass is 415 g/mol. The van der Waals surface area contributed by atoms with Crippen LogP contribution in [0, 0.1) is 25.2 Å². The minimum Gasteiger partial charge on any atom is -0.462 e. The number of nitrogens with one attached hydrogen (secondary N) is 1. The second-order valence-electron chi connectivity index (χ2n) is 5.54.